The highest BCUT2D eigenvalue weighted by Crippen LogP contribution is 2.28. The summed E-state index contributed by atoms with van der Waals surface area (Å²) in [6.45, 7) is 2.91. The lowest BCUT2D eigenvalue weighted by Crippen LogP contribution is -2.17. The fourth-order valence-corrected chi connectivity index (χ4v) is 3.55. The topological polar surface area (TPSA) is 141 Å². The van der Waals surface area contributed by atoms with Crippen molar-refractivity contribution in [3.05, 3.63) is 53.9 Å². The van der Waals surface area contributed by atoms with E-state index in [1.54, 1.807) is 16.4 Å². The molecule has 0 aliphatic rings. The van der Waals surface area contributed by atoms with Gasteiger partial charge in [0.05, 0.1) is 24.7 Å². The number of nitrogens with zero attached hydrogens (tertiary/aromatic N) is 4. The minimum absolute atomic E-state index is 0.154. The van der Waals surface area contributed by atoms with Gasteiger partial charge in [0.15, 0.2) is 11.4 Å². The number of aryl methyl sites for hydroxylation is 1. The molecule has 0 aliphatic heterocycles. The second-order valence-corrected chi connectivity index (χ2v) is 7.72. The Labute approximate surface area is 190 Å². The lowest BCUT2D eigenvalue weighted by molar-refractivity contribution is -0.129. The van der Waals surface area contributed by atoms with Crippen LogP contribution in [0.3, 0.4) is 0 Å². The number of ether oxygens (including phenoxy) is 1. The van der Waals surface area contributed by atoms with Crippen LogP contribution in [0.2, 0.25) is 0 Å². The van der Waals surface area contributed by atoms with Crippen LogP contribution in [0, 0.1) is 6.92 Å². The van der Waals surface area contributed by atoms with Crippen molar-refractivity contribution in [2.75, 3.05) is 12.3 Å². The van der Waals surface area contributed by atoms with Crippen LogP contribution in [-0.2, 0) is 11.3 Å². The number of nitrogen functional groups attached to an aromatic ring is 1. The van der Waals surface area contributed by atoms with E-state index in [4.69, 9.17) is 20.1 Å². The third-order valence-electron chi connectivity index (χ3n) is 5.16. The van der Waals surface area contributed by atoms with Crippen LogP contribution in [-0.4, -0.2) is 37.5 Å². The number of carbonyl (C=O) groups excluding carboxylic acids is 1. The molecule has 0 atom stereocenters. The van der Waals surface area contributed by atoms with Gasteiger partial charge in [-0.2, -0.15) is 10.1 Å². The van der Waals surface area contributed by atoms with Gasteiger partial charge >= 0.3 is 0 Å². The van der Waals surface area contributed by atoms with Gasteiger partial charge in [0.25, 0.3) is 0 Å². The Morgan fingerprint density at radius 2 is 2.09 bits per heavy atom. The highest BCUT2D eigenvalue weighted by atomic mass is 16.5. The standard InChI is InChI=1S/C23H26N6O4/c1-15-9-10-19(33-15)21-18-13-25-29(22(18)27-23(24)26-21)14-16-6-5-7-17(12-16)32-11-4-2-3-8-20(30)28-31/h5-7,9-10,12-13,31H,2-4,8,11,14H2,1H3,(H,28,30)(H2,24,26,27). The van der Waals surface area contributed by atoms with E-state index in [0.29, 0.717) is 43.1 Å². The summed E-state index contributed by atoms with van der Waals surface area (Å²) in [5.74, 6) is 1.96. The molecule has 0 fully saturated rings. The van der Waals surface area contributed by atoms with Gasteiger partial charge in [0.2, 0.25) is 11.9 Å². The van der Waals surface area contributed by atoms with Crippen molar-refractivity contribution in [2.45, 2.75) is 39.2 Å². The van der Waals surface area contributed by atoms with Crippen molar-refractivity contribution in [3.63, 3.8) is 0 Å². The lowest BCUT2D eigenvalue weighted by Gasteiger charge is -2.09. The smallest absolute Gasteiger partial charge is 0.243 e. The van der Waals surface area contributed by atoms with Crippen molar-refractivity contribution in [1.82, 2.24) is 25.2 Å². The van der Waals surface area contributed by atoms with Crippen LogP contribution in [0.1, 0.15) is 37.0 Å². The summed E-state index contributed by atoms with van der Waals surface area (Å²) < 4.78 is 13.3. The number of nitrogens with two attached hydrogens (primary N) is 1. The van der Waals surface area contributed by atoms with Crippen LogP contribution in [0.5, 0.6) is 5.75 Å². The first-order chi connectivity index (χ1) is 16.0. The molecule has 0 saturated heterocycles. The Hall–Kier alpha value is -3.92. The number of hydrogen-bond acceptors (Lipinski definition) is 8. The molecule has 3 aromatic heterocycles. The van der Waals surface area contributed by atoms with Crippen molar-refractivity contribution in [2.24, 2.45) is 0 Å². The quantitative estimate of drug-likeness (QED) is 0.189. The maximum Gasteiger partial charge on any atom is 0.243 e. The molecule has 33 heavy (non-hydrogen) atoms. The molecule has 10 heteroatoms. The minimum atomic E-state index is -0.367. The van der Waals surface area contributed by atoms with Crippen LogP contribution >= 0.6 is 0 Å². The predicted molar refractivity (Wildman–Crippen MR) is 122 cm³/mol. The molecule has 172 valence electrons. The highest BCUT2D eigenvalue weighted by Gasteiger charge is 2.16. The summed E-state index contributed by atoms with van der Waals surface area (Å²) in [6.07, 6.45) is 4.38. The first kappa shape index (κ1) is 22.3. The number of amides is 1. The zero-order valence-corrected chi connectivity index (χ0v) is 18.3. The summed E-state index contributed by atoms with van der Waals surface area (Å²) in [5.41, 5.74) is 9.85. The van der Waals surface area contributed by atoms with Crippen molar-refractivity contribution in [1.29, 1.82) is 0 Å². The van der Waals surface area contributed by atoms with Gasteiger partial charge in [-0.3, -0.25) is 10.0 Å². The molecule has 4 N–H and O–H groups in total. The van der Waals surface area contributed by atoms with Crippen LogP contribution in [0.25, 0.3) is 22.5 Å². The average molecular weight is 450 g/mol. The highest BCUT2D eigenvalue weighted by molar-refractivity contribution is 5.89. The third-order valence-corrected chi connectivity index (χ3v) is 5.16. The molecular weight excluding hydrogens is 424 g/mol. The van der Waals surface area contributed by atoms with Gasteiger partial charge in [0.1, 0.15) is 17.2 Å². The summed E-state index contributed by atoms with van der Waals surface area (Å²) in [7, 11) is 0. The van der Waals surface area contributed by atoms with E-state index < -0.39 is 0 Å². The van der Waals surface area contributed by atoms with Crippen molar-refractivity contribution >= 4 is 22.9 Å². The molecule has 10 nitrogen and oxygen atoms in total. The van der Waals surface area contributed by atoms with E-state index >= 15 is 0 Å². The average Bonchev–Trinajstić information content (AvgIpc) is 3.42. The Balaban J connectivity index is 1.43. The van der Waals surface area contributed by atoms with Gasteiger partial charge in [-0.25, -0.2) is 15.1 Å². The number of nitrogens with one attached hydrogen (secondary N) is 1. The van der Waals surface area contributed by atoms with Gasteiger partial charge in [-0.1, -0.05) is 12.1 Å². The molecule has 0 radical (unpaired) electrons. The van der Waals surface area contributed by atoms with E-state index in [1.165, 1.54) is 0 Å². The largest absolute Gasteiger partial charge is 0.494 e. The van der Waals surface area contributed by atoms with Gasteiger partial charge in [-0.05, 0) is 56.0 Å². The fraction of sp³-hybridized carbons (Fsp3) is 0.304. The molecule has 0 bridgehead atoms. The number of rotatable bonds is 10. The molecule has 0 unspecified atom stereocenters. The summed E-state index contributed by atoms with van der Waals surface area (Å²) in [4.78, 5) is 19.8. The molecule has 1 amide bonds. The second-order valence-electron chi connectivity index (χ2n) is 7.72. The zero-order chi connectivity index (χ0) is 23.2. The molecule has 0 saturated carbocycles. The number of hydroxylamine groups is 1. The number of hydrogen-bond donors (Lipinski definition) is 3. The summed E-state index contributed by atoms with van der Waals surface area (Å²) >= 11 is 0. The summed E-state index contributed by atoms with van der Waals surface area (Å²) in [6, 6.07) is 11.5. The first-order valence-corrected chi connectivity index (χ1v) is 10.7. The van der Waals surface area contributed by atoms with Crippen LogP contribution < -0.4 is 16.0 Å². The van der Waals surface area contributed by atoms with E-state index in [-0.39, 0.29) is 11.9 Å². The maximum atomic E-state index is 11.0. The molecule has 4 rings (SSSR count). The maximum absolute atomic E-state index is 11.0. The number of anilines is 1. The number of carbonyl (C=O) groups is 1. The molecule has 0 spiro atoms. The number of benzene rings is 1. The third kappa shape index (κ3) is 5.47. The molecular formula is C23H26N6O4. The number of aromatic nitrogens is 4. The monoisotopic (exact) mass is 450 g/mol. The zero-order valence-electron chi connectivity index (χ0n) is 18.3. The minimum Gasteiger partial charge on any atom is -0.494 e. The predicted octanol–water partition coefficient (Wildman–Crippen LogP) is 3.47. The van der Waals surface area contributed by atoms with E-state index in [9.17, 15) is 4.79 Å². The van der Waals surface area contributed by atoms with Crippen molar-refractivity contribution in [3.8, 4) is 17.2 Å². The van der Waals surface area contributed by atoms with Crippen LogP contribution in [0.15, 0.2) is 47.0 Å². The van der Waals surface area contributed by atoms with E-state index in [0.717, 1.165) is 35.3 Å². The number of unbranched alkanes of at least 4 members (excludes halogenated alkanes) is 2. The molecule has 0 aliphatic carbocycles. The van der Waals surface area contributed by atoms with Gasteiger partial charge in [0, 0.05) is 6.42 Å². The Kier molecular flexibility index (Phi) is 6.84. The Morgan fingerprint density at radius 3 is 2.88 bits per heavy atom. The number of furan rings is 1. The van der Waals surface area contributed by atoms with Gasteiger partial charge < -0.3 is 14.9 Å². The fourth-order valence-electron chi connectivity index (χ4n) is 3.55. The van der Waals surface area contributed by atoms with Gasteiger partial charge in [-0.15, -0.1) is 0 Å². The first-order valence-electron chi connectivity index (χ1n) is 10.7. The molecule has 1 aromatic carbocycles. The van der Waals surface area contributed by atoms with Crippen LogP contribution in [0.4, 0.5) is 5.95 Å². The lowest BCUT2D eigenvalue weighted by atomic mass is 10.2. The van der Waals surface area contributed by atoms with E-state index in [1.807, 2.05) is 43.3 Å². The summed E-state index contributed by atoms with van der Waals surface area (Å²) in [5, 5.41) is 13.8. The molecule has 3 heterocycles. The van der Waals surface area contributed by atoms with Crippen molar-refractivity contribution < 1.29 is 19.2 Å². The Bertz CT molecular complexity index is 1250. The second kappa shape index (κ2) is 10.1. The van der Waals surface area contributed by atoms with E-state index in [2.05, 4.69) is 15.1 Å². The number of fused-ring (bicyclic) bond motifs is 1. The SMILES string of the molecule is Cc1ccc(-c2nc(N)nc3c2cnn3Cc2cccc(OCCCCCC(=O)NO)c2)o1. The normalized spacial score (nSPS) is 11.1. The molecule has 4 aromatic rings. The Morgan fingerprint density at radius 1 is 1.21 bits per heavy atom.